The molecule has 4 aromatic rings. The van der Waals surface area contributed by atoms with Gasteiger partial charge in [0.1, 0.15) is 17.1 Å². The molecular formula is C25H27N7O3. The highest BCUT2D eigenvalue weighted by Gasteiger charge is 2.26. The average Bonchev–Trinajstić information content (AvgIpc) is 3.32. The van der Waals surface area contributed by atoms with Gasteiger partial charge >= 0.3 is 0 Å². The fourth-order valence-electron chi connectivity index (χ4n) is 4.60. The van der Waals surface area contributed by atoms with Crippen LogP contribution in [-0.2, 0) is 4.79 Å². The first kappa shape index (κ1) is 22.6. The lowest BCUT2D eigenvalue weighted by molar-refractivity contribution is -0.132. The van der Waals surface area contributed by atoms with E-state index in [-0.39, 0.29) is 23.3 Å². The Morgan fingerprint density at radius 1 is 1.26 bits per heavy atom. The number of phenols is 1. The third-order valence-electron chi connectivity index (χ3n) is 6.37. The molecule has 10 nitrogen and oxygen atoms in total. The summed E-state index contributed by atoms with van der Waals surface area (Å²) in [5, 5.41) is 18.4. The number of fused-ring (bicyclic) bond motifs is 1. The van der Waals surface area contributed by atoms with Crippen molar-refractivity contribution in [3.63, 3.8) is 0 Å². The number of hydrogen-bond donors (Lipinski definition) is 2. The number of para-hydroxylation sites is 2. The normalized spacial score (nSPS) is 15.9. The van der Waals surface area contributed by atoms with Crippen LogP contribution in [0.2, 0.25) is 0 Å². The van der Waals surface area contributed by atoms with Crippen LogP contribution in [0.1, 0.15) is 37.8 Å². The number of nitrogens with zero attached hydrogens (tertiary/aromatic N) is 6. The number of carbonyl (C=O) groups is 1. The van der Waals surface area contributed by atoms with Crippen LogP contribution in [0.25, 0.3) is 16.7 Å². The van der Waals surface area contributed by atoms with Crippen molar-refractivity contribution in [1.82, 2.24) is 29.2 Å². The maximum Gasteiger partial charge on any atom is 0.252 e. The Labute approximate surface area is 201 Å². The van der Waals surface area contributed by atoms with Crippen LogP contribution in [0.15, 0.2) is 53.6 Å². The van der Waals surface area contributed by atoms with Crippen LogP contribution in [0.4, 0.5) is 11.8 Å². The first-order valence-corrected chi connectivity index (χ1v) is 11.7. The second-order valence-corrected chi connectivity index (χ2v) is 8.72. The van der Waals surface area contributed by atoms with E-state index in [1.54, 1.807) is 52.0 Å². The number of aryl methyl sites for hydroxylation is 1. The first-order chi connectivity index (χ1) is 16.9. The van der Waals surface area contributed by atoms with Crippen molar-refractivity contribution < 1.29 is 9.90 Å². The van der Waals surface area contributed by atoms with Gasteiger partial charge in [0.25, 0.3) is 5.56 Å². The van der Waals surface area contributed by atoms with Gasteiger partial charge in [-0.1, -0.05) is 19.1 Å². The topological polar surface area (TPSA) is 118 Å². The van der Waals surface area contributed by atoms with Gasteiger partial charge in [-0.25, -0.2) is 9.67 Å². The predicted molar refractivity (Wildman–Crippen MR) is 132 cm³/mol. The zero-order valence-corrected chi connectivity index (χ0v) is 19.7. The van der Waals surface area contributed by atoms with E-state index in [1.807, 2.05) is 24.8 Å². The van der Waals surface area contributed by atoms with E-state index >= 15 is 0 Å². The SMILES string of the molecule is CCC(=O)N1CCC[C@@H](n2c(=O)cc(C)c3cnc(Nc4ccn(-c5ccccc5O)n4)nc32)C1. The number of hydrogen-bond acceptors (Lipinski definition) is 7. The van der Waals surface area contributed by atoms with E-state index < -0.39 is 0 Å². The van der Waals surface area contributed by atoms with Gasteiger partial charge in [0.15, 0.2) is 5.82 Å². The second-order valence-electron chi connectivity index (χ2n) is 8.72. The number of piperidine rings is 1. The summed E-state index contributed by atoms with van der Waals surface area (Å²) < 4.78 is 3.26. The van der Waals surface area contributed by atoms with Gasteiger partial charge < -0.3 is 15.3 Å². The number of benzene rings is 1. The highest BCUT2D eigenvalue weighted by Crippen LogP contribution is 2.26. The molecule has 0 saturated carbocycles. The molecule has 10 heteroatoms. The molecule has 0 spiro atoms. The fraction of sp³-hybridized carbons (Fsp3) is 0.320. The van der Waals surface area contributed by atoms with Gasteiger partial charge in [-0.15, -0.1) is 5.10 Å². The van der Waals surface area contributed by atoms with E-state index in [1.165, 1.54) is 0 Å². The van der Waals surface area contributed by atoms with Crippen LogP contribution in [0, 0.1) is 6.92 Å². The zero-order valence-electron chi connectivity index (χ0n) is 19.7. The quantitative estimate of drug-likeness (QED) is 0.456. The number of likely N-dealkylation sites (tertiary alicyclic amines) is 1. The van der Waals surface area contributed by atoms with Crippen molar-refractivity contribution in [1.29, 1.82) is 0 Å². The Hall–Kier alpha value is -4.21. The van der Waals surface area contributed by atoms with Crippen molar-refractivity contribution in [3.8, 4) is 11.4 Å². The summed E-state index contributed by atoms with van der Waals surface area (Å²) in [7, 11) is 0. The number of nitrogens with one attached hydrogen (secondary N) is 1. The standard InChI is InChI=1S/C25H27N7O3/c1-3-22(34)30-11-6-7-17(15-30)32-23(35)13-16(2)18-14-26-25(28-24(18)32)27-21-10-12-31(29-21)19-8-4-5-9-20(19)33/h4-5,8-10,12-14,17,33H,3,6-7,11,15H2,1-2H3,(H,26,27,28,29)/t17-/m1/s1. The summed E-state index contributed by atoms with van der Waals surface area (Å²) >= 11 is 0. The minimum absolute atomic E-state index is 0.0937. The van der Waals surface area contributed by atoms with Crippen LogP contribution in [0.5, 0.6) is 5.75 Å². The Morgan fingerprint density at radius 2 is 2.09 bits per heavy atom. The second kappa shape index (κ2) is 9.21. The van der Waals surface area contributed by atoms with Crippen LogP contribution in [-0.4, -0.2) is 53.3 Å². The number of amides is 1. The van der Waals surface area contributed by atoms with E-state index in [0.29, 0.717) is 42.6 Å². The summed E-state index contributed by atoms with van der Waals surface area (Å²) in [5.74, 6) is 1.01. The Kier molecular flexibility index (Phi) is 5.94. The number of aromatic nitrogens is 5. The van der Waals surface area contributed by atoms with Crippen molar-refractivity contribution in [2.24, 2.45) is 0 Å². The summed E-state index contributed by atoms with van der Waals surface area (Å²) in [5.41, 5.74) is 1.74. The lowest BCUT2D eigenvalue weighted by Crippen LogP contribution is -2.42. The van der Waals surface area contributed by atoms with Crippen molar-refractivity contribution >= 4 is 28.7 Å². The molecular weight excluding hydrogens is 446 g/mol. The number of carbonyl (C=O) groups excluding carboxylic acids is 1. The first-order valence-electron chi connectivity index (χ1n) is 11.7. The highest BCUT2D eigenvalue weighted by atomic mass is 16.3. The summed E-state index contributed by atoms with van der Waals surface area (Å²) in [6.45, 7) is 4.92. The van der Waals surface area contributed by atoms with Crippen molar-refractivity contribution in [2.75, 3.05) is 18.4 Å². The summed E-state index contributed by atoms with van der Waals surface area (Å²) in [4.78, 5) is 36.4. The van der Waals surface area contributed by atoms with E-state index in [9.17, 15) is 14.7 Å². The van der Waals surface area contributed by atoms with Crippen LogP contribution in [0.3, 0.4) is 0 Å². The van der Waals surface area contributed by atoms with Crippen LogP contribution >= 0.6 is 0 Å². The molecule has 1 amide bonds. The highest BCUT2D eigenvalue weighted by molar-refractivity contribution is 5.79. The molecule has 35 heavy (non-hydrogen) atoms. The largest absolute Gasteiger partial charge is 0.506 e. The number of pyridine rings is 1. The molecule has 0 radical (unpaired) electrons. The molecule has 1 atom stereocenters. The van der Waals surface area contributed by atoms with Gasteiger partial charge in [-0.05, 0) is 37.5 Å². The molecule has 180 valence electrons. The maximum absolute atomic E-state index is 13.1. The minimum atomic E-state index is -0.155. The lowest BCUT2D eigenvalue weighted by Gasteiger charge is -2.34. The van der Waals surface area contributed by atoms with Crippen molar-refractivity contribution in [2.45, 2.75) is 39.2 Å². The molecule has 1 aromatic carbocycles. The zero-order chi connectivity index (χ0) is 24.5. The maximum atomic E-state index is 13.1. The fourth-order valence-corrected chi connectivity index (χ4v) is 4.60. The molecule has 1 fully saturated rings. The van der Waals surface area contributed by atoms with Gasteiger partial charge in [-0.3, -0.25) is 14.2 Å². The summed E-state index contributed by atoms with van der Waals surface area (Å²) in [6, 6.07) is 10.1. The molecule has 3 aromatic heterocycles. The smallest absolute Gasteiger partial charge is 0.252 e. The molecule has 1 aliphatic heterocycles. The molecule has 0 unspecified atom stereocenters. The average molecular weight is 474 g/mol. The third kappa shape index (κ3) is 4.34. The Bertz CT molecular complexity index is 1460. The Balaban J connectivity index is 1.50. The number of anilines is 2. The third-order valence-corrected chi connectivity index (χ3v) is 6.37. The van der Waals surface area contributed by atoms with Gasteiger partial charge in [0, 0.05) is 49.4 Å². The van der Waals surface area contributed by atoms with E-state index in [0.717, 1.165) is 23.8 Å². The van der Waals surface area contributed by atoms with Gasteiger partial charge in [0.2, 0.25) is 11.9 Å². The lowest BCUT2D eigenvalue weighted by atomic mass is 10.0. The van der Waals surface area contributed by atoms with E-state index in [2.05, 4.69) is 15.4 Å². The van der Waals surface area contributed by atoms with Crippen LogP contribution < -0.4 is 10.9 Å². The number of aromatic hydroxyl groups is 1. The van der Waals surface area contributed by atoms with Gasteiger partial charge in [0.05, 0.1) is 6.04 Å². The molecule has 1 saturated heterocycles. The number of rotatable bonds is 5. The summed E-state index contributed by atoms with van der Waals surface area (Å²) in [6.07, 6.45) is 5.50. The number of phenolic OH excluding ortho intramolecular Hbond substituents is 1. The molecule has 0 aliphatic carbocycles. The van der Waals surface area contributed by atoms with Gasteiger partial charge in [-0.2, -0.15) is 4.98 Å². The molecule has 1 aliphatic rings. The Morgan fingerprint density at radius 3 is 2.89 bits per heavy atom. The van der Waals surface area contributed by atoms with Crippen molar-refractivity contribution in [3.05, 3.63) is 64.7 Å². The monoisotopic (exact) mass is 473 g/mol. The predicted octanol–water partition coefficient (Wildman–Crippen LogP) is 3.31. The molecule has 2 N–H and O–H groups in total. The minimum Gasteiger partial charge on any atom is -0.506 e. The molecule has 5 rings (SSSR count). The molecule has 4 heterocycles. The molecule has 0 bridgehead atoms. The van der Waals surface area contributed by atoms with E-state index in [4.69, 9.17) is 4.98 Å².